The summed E-state index contributed by atoms with van der Waals surface area (Å²) in [5, 5.41) is 68.8. The van der Waals surface area contributed by atoms with Crippen LogP contribution in [-0.4, -0.2) is 203 Å². The number of ketones is 9. The molecular formula is C102H135ClF2O26P-. The zero-order valence-corrected chi connectivity index (χ0v) is 80.2. The summed E-state index contributed by atoms with van der Waals surface area (Å²) in [7, 11) is -4.08. The van der Waals surface area contributed by atoms with E-state index in [1.807, 2.05) is 47.6 Å². The van der Waals surface area contributed by atoms with Crippen LogP contribution in [-0.2, 0) is 90.3 Å². The van der Waals surface area contributed by atoms with Gasteiger partial charge in [0, 0.05) is 107 Å². The minimum absolute atomic E-state index is 0.00474. The van der Waals surface area contributed by atoms with E-state index >= 15 is 8.78 Å². The van der Waals surface area contributed by atoms with Crippen molar-refractivity contribution in [2.24, 2.45) is 108 Å². The van der Waals surface area contributed by atoms with Gasteiger partial charge in [-0.25, -0.2) is 8.78 Å². The van der Waals surface area contributed by atoms with Gasteiger partial charge in [0.15, 0.2) is 76.2 Å². The molecule has 1 aliphatic heterocycles. The molecule has 14 fully saturated rings. The molecule has 18 rings (SSSR count). The van der Waals surface area contributed by atoms with E-state index in [0.717, 1.165) is 62.8 Å². The number of esters is 3. The van der Waals surface area contributed by atoms with Crippen LogP contribution in [0.3, 0.4) is 0 Å². The molecule has 17 aliphatic carbocycles. The van der Waals surface area contributed by atoms with Crippen LogP contribution in [0.2, 0.25) is 0 Å². The Morgan fingerprint density at radius 1 is 0.538 bits per heavy atom. The smallest absolute Gasteiger partial charge is 0.306 e. The van der Waals surface area contributed by atoms with Crippen LogP contribution in [0.4, 0.5) is 8.78 Å². The van der Waals surface area contributed by atoms with Gasteiger partial charge in [-0.15, -0.1) is 11.6 Å². The van der Waals surface area contributed by atoms with E-state index in [-0.39, 0.29) is 163 Å². The molecular weight excluding hydrogens is 1750 g/mol. The molecule has 0 amide bonds. The Kier molecular flexibility index (Phi) is 26.4. The summed E-state index contributed by atoms with van der Waals surface area (Å²) in [6.45, 7) is 20.9. The second-order valence-electron chi connectivity index (χ2n) is 44.5. The number of alkyl halides is 3. The number of fused-ring (bicyclic) bond motifs is 22. The first-order valence-corrected chi connectivity index (χ1v) is 50.7. The van der Waals surface area contributed by atoms with Gasteiger partial charge >= 0.3 is 17.9 Å². The predicted octanol–water partition coefficient (Wildman–Crippen LogP) is 12.5. The van der Waals surface area contributed by atoms with E-state index in [9.17, 15) is 97.6 Å². The van der Waals surface area contributed by atoms with Gasteiger partial charge in [0.1, 0.15) is 31.2 Å². The fourth-order valence-corrected chi connectivity index (χ4v) is 32.4. The number of hydrogen-bond donors (Lipinski definition) is 6. The number of aliphatic hydroxyl groups excluding tert-OH is 4. The molecule has 1 heterocycles. The highest BCUT2D eigenvalue weighted by molar-refractivity contribution is 7.50. The fourth-order valence-electron chi connectivity index (χ4n) is 31.8. The normalized spacial score (nSPS) is 45.8. The van der Waals surface area contributed by atoms with Crippen molar-refractivity contribution < 1.29 is 135 Å². The Labute approximate surface area is 776 Å². The van der Waals surface area contributed by atoms with E-state index in [1.165, 1.54) is 38.2 Å². The molecule has 0 radical (unpaired) electrons. The monoisotopic (exact) mass is 1880 g/mol. The molecule has 0 aromatic heterocycles. The number of rotatable bonds is 18. The summed E-state index contributed by atoms with van der Waals surface area (Å²) < 4.78 is 80.2. The lowest BCUT2D eigenvalue weighted by Gasteiger charge is -2.62. The number of carbonyl (C=O) groups is 12. The average Bonchev–Trinajstić information content (AvgIpc) is 1.47. The van der Waals surface area contributed by atoms with Gasteiger partial charge in [-0.1, -0.05) is 95.9 Å². The Bertz CT molecular complexity index is 5060. The highest BCUT2D eigenvalue weighted by Gasteiger charge is 2.83. The lowest BCUT2D eigenvalue weighted by Crippen LogP contribution is -2.70. The SMILES string of the molecule is CC(=O)CCC(=O)OCC(=O)C1(O)CCC2C3CCC4=CC(=O)C=CC4(C)C3C(O)CC21C.CC(=O)OCC(=O)C12OC3(CCCC3)OC1CC1C3CCC4=CC(=O)C=CC4(C)C3(F)C(O)CC12C.CC12CCC(=O)C=C1CCC1C2C(O)CC2(C)C1CCC2(O)C(=O)COP(C)(=O)[O-].CCCC(=O)OC1(C(=O)CCl)C(C)CC2C3CCC4=CC(=O)C=CC4(C)C3(F)C(O)CC21C. The van der Waals surface area contributed by atoms with E-state index in [1.54, 1.807) is 44.2 Å². The molecule has 13 saturated carbocycles. The molecule has 31 unspecified atom stereocenters. The van der Waals surface area contributed by atoms with Crippen LogP contribution in [0.15, 0.2) is 83.1 Å². The predicted molar refractivity (Wildman–Crippen MR) is 474 cm³/mol. The Morgan fingerprint density at radius 3 is 1.56 bits per heavy atom. The van der Waals surface area contributed by atoms with E-state index in [2.05, 4.69) is 13.8 Å². The first kappa shape index (κ1) is 100. The molecule has 31 atom stereocenters. The van der Waals surface area contributed by atoms with Crippen molar-refractivity contribution in [3.8, 4) is 0 Å². The molecule has 1 saturated heterocycles. The fraction of sp³-hybridized carbons (Fsp3) is 0.745. The lowest BCUT2D eigenvalue weighted by atomic mass is 9.44. The van der Waals surface area contributed by atoms with Gasteiger partial charge in [0.2, 0.25) is 11.6 Å². The maximum absolute atomic E-state index is 17.4. The maximum Gasteiger partial charge on any atom is 0.306 e. The zero-order chi connectivity index (χ0) is 96.4. The largest absolute Gasteiger partial charge is 0.779 e. The van der Waals surface area contributed by atoms with Gasteiger partial charge in [0.25, 0.3) is 0 Å². The highest BCUT2D eigenvalue weighted by Crippen LogP contribution is 2.77. The Morgan fingerprint density at radius 2 is 1.03 bits per heavy atom. The van der Waals surface area contributed by atoms with Crippen molar-refractivity contribution in [2.75, 3.05) is 32.4 Å². The lowest BCUT2D eigenvalue weighted by molar-refractivity contribution is -0.253. The molecule has 18 aliphatic rings. The van der Waals surface area contributed by atoms with Crippen molar-refractivity contribution in [1.29, 1.82) is 0 Å². The quantitative estimate of drug-likeness (QED) is 0.0321. The van der Waals surface area contributed by atoms with Crippen LogP contribution >= 0.6 is 19.2 Å². The van der Waals surface area contributed by atoms with Crippen molar-refractivity contribution in [2.45, 2.75) is 333 Å². The van der Waals surface area contributed by atoms with Crippen LogP contribution in [0, 0.1) is 108 Å². The molecule has 6 N–H and O–H groups in total. The summed E-state index contributed by atoms with van der Waals surface area (Å²) in [6, 6.07) is 0. The Balaban J connectivity index is 0.000000135. The number of Topliss-reactive ketones (excluding diaryl/α,β-unsaturated/α-hetero) is 5. The number of ether oxygens (including phenoxy) is 5. The molecule has 0 aromatic carbocycles. The molecule has 1 spiro atoms. The van der Waals surface area contributed by atoms with Crippen molar-refractivity contribution >= 4 is 89.2 Å². The first-order valence-electron chi connectivity index (χ1n) is 48.2. The second kappa shape index (κ2) is 34.9. The van der Waals surface area contributed by atoms with Gasteiger partial charge in [-0.05, 0) is 251 Å². The topological polar surface area (TPSA) is 422 Å². The summed E-state index contributed by atoms with van der Waals surface area (Å²) >= 11 is 6.04. The maximum atomic E-state index is 17.4. The van der Waals surface area contributed by atoms with Gasteiger partial charge < -0.3 is 73.1 Å². The number of hydrogen-bond acceptors (Lipinski definition) is 26. The third-order valence-corrected chi connectivity index (χ3v) is 39.1. The zero-order valence-electron chi connectivity index (χ0n) is 78.6. The molecule has 30 heteroatoms. The van der Waals surface area contributed by atoms with Crippen molar-refractivity contribution in [1.82, 2.24) is 0 Å². The summed E-state index contributed by atoms with van der Waals surface area (Å²) in [6.07, 6.45) is 24.8. The van der Waals surface area contributed by atoms with E-state index in [0.29, 0.717) is 88.2 Å². The van der Waals surface area contributed by atoms with Crippen molar-refractivity contribution in [3.05, 3.63) is 83.1 Å². The first-order chi connectivity index (χ1) is 61.6. The molecule has 0 aromatic rings. The van der Waals surface area contributed by atoms with Crippen LogP contribution in [0.5, 0.6) is 0 Å². The third-order valence-electron chi connectivity index (χ3n) is 38.2. The third kappa shape index (κ3) is 15.1. The minimum Gasteiger partial charge on any atom is -0.779 e. The molecule has 726 valence electrons. The number of allylic oxidation sites excluding steroid dienone is 13. The molecule has 132 heavy (non-hydrogen) atoms. The number of carbonyl (C=O) groups excluding carboxylic acids is 12. The summed E-state index contributed by atoms with van der Waals surface area (Å²) in [5.74, 6) is -6.86. The molecule has 0 bridgehead atoms. The van der Waals surface area contributed by atoms with Crippen LogP contribution in [0.1, 0.15) is 263 Å². The highest BCUT2D eigenvalue weighted by atomic mass is 35.5. The van der Waals surface area contributed by atoms with E-state index in [4.69, 9.17) is 39.8 Å². The van der Waals surface area contributed by atoms with Gasteiger partial charge in [-0.3, -0.25) is 52.7 Å². The second-order valence-corrected chi connectivity index (χ2v) is 46.6. The average molecular weight is 1880 g/mol. The van der Waals surface area contributed by atoms with E-state index < -0.39 is 177 Å². The number of halogens is 3. The standard InChI is InChI=1S/C28H35FO7.C26H34ClFO5.C26H34O7.C22H33O7P/c1-16(30)34-15-22(33)28-23(35-26(36-28)9-4-5-10-26)13-20-19-7-6-17-12-18(31)8-11-24(17,2)27(19,29)21(32)14-25(20,28)3;1-5-6-22(32)33-26(21(31)14-27)15(2)11-19-18-8-7-16-12-17(29)9-10-23(16,3)25(18,28)20(30)13-24(19,26)4;1-15(27)4-7-22(31)33-14-21(30)26(32)11-9-19-18-6-5-16-12-17(28)8-10-24(16,2)23(18)20(29)13-25(19,26)3;1-20-8-6-14(23)10-13(20)4-5-15-16-7-9-22(26,18(25)12-29-30(3,27)28)21(16,2)11-17(24)19(15)20/h8,11-12,19-21,23,32H,4-7,9-10,13-15H2,1-3H3;9-10,12,15,18-20,30H,5-8,11,13-14H2,1-4H3;8,10,12,18-20,23,29,32H,4-7,9,11,13-14H2,1-3H3;10,15-17,19,24,26H,4-9,11-12H2,1-3H3,(H,27,28)/p-1. The number of aliphatic hydroxyl groups is 6. The molecule has 26 nitrogen and oxygen atoms in total. The minimum atomic E-state index is -4.08. The van der Waals surface area contributed by atoms with Crippen LogP contribution < -0.4 is 4.89 Å². The summed E-state index contributed by atoms with van der Waals surface area (Å²) in [5.41, 5.74) is -13.1. The van der Waals surface area contributed by atoms with Gasteiger partial charge in [-0.2, -0.15) is 0 Å². The Hall–Kier alpha value is -6.40. The summed E-state index contributed by atoms with van der Waals surface area (Å²) in [4.78, 5) is 160. The van der Waals surface area contributed by atoms with Crippen molar-refractivity contribution in [3.63, 3.8) is 0 Å². The van der Waals surface area contributed by atoms with Gasteiger partial charge in [0.05, 0.1) is 42.8 Å². The van der Waals surface area contributed by atoms with Crippen LogP contribution in [0.25, 0.3) is 0 Å².